The lowest BCUT2D eigenvalue weighted by molar-refractivity contribution is 0.102. The predicted octanol–water partition coefficient (Wildman–Crippen LogP) is 4.06. The first-order valence-electron chi connectivity index (χ1n) is 9.08. The van der Waals surface area contributed by atoms with Gasteiger partial charge in [-0.1, -0.05) is 30.3 Å². The zero-order valence-corrected chi connectivity index (χ0v) is 15.3. The van der Waals surface area contributed by atoms with E-state index in [0.29, 0.717) is 22.5 Å². The minimum atomic E-state index is -0.249. The largest absolute Gasteiger partial charge is 0.340 e. The number of aromatic amines is 1. The number of aromatic nitrogens is 5. The Kier molecular flexibility index (Phi) is 4.10. The molecule has 5 aromatic rings. The Bertz CT molecular complexity index is 1310. The van der Waals surface area contributed by atoms with Gasteiger partial charge in [-0.3, -0.25) is 4.79 Å². The molecule has 0 unspecified atom stereocenters. The summed E-state index contributed by atoms with van der Waals surface area (Å²) in [7, 11) is 0. The number of benzene rings is 2. The first-order valence-corrected chi connectivity index (χ1v) is 9.08. The van der Waals surface area contributed by atoms with Gasteiger partial charge in [-0.2, -0.15) is 0 Å². The molecule has 0 aliphatic rings. The molecule has 7 nitrogen and oxygen atoms in total. The second kappa shape index (κ2) is 7.05. The summed E-state index contributed by atoms with van der Waals surface area (Å²) in [5.74, 6) is 0.148. The lowest BCUT2D eigenvalue weighted by Gasteiger charge is -2.12. The highest BCUT2D eigenvalue weighted by molar-refractivity contribution is 6.10. The van der Waals surface area contributed by atoms with Gasteiger partial charge in [0.15, 0.2) is 11.5 Å². The van der Waals surface area contributed by atoms with Crippen LogP contribution in [0.25, 0.3) is 28.0 Å². The first kappa shape index (κ1) is 16.9. The van der Waals surface area contributed by atoms with Crippen molar-refractivity contribution < 1.29 is 4.79 Å². The quantitative estimate of drug-likeness (QED) is 0.492. The van der Waals surface area contributed by atoms with E-state index in [-0.39, 0.29) is 5.91 Å². The predicted molar refractivity (Wildman–Crippen MR) is 111 cm³/mol. The van der Waals surface area contributed by atoms with Gasteiger partial charge in [0.1, 0.15) is 11.8 Å². The maximum Gasteiger partial charge on any atom is 0.257 e. The van der Waals surface area contributed by atoms with E-state index < -0.39 is 0 Å². The topological polar surface area (TPSA) is 88.5 Å². The highest BCUT2D eigenvalue weighted by atomic mass is 16.1. The average molecular weight is 380 g/mol. The van der Waals surface area contributed by atoms with E-state index in [1.165, 1.54) is 12.7 Å². The minimum Gasteiger partial charge on any atom is -0.340 e. The van der Waals surface area contributed by atoms with Crippen molar-refractivity contribution in [2.75, 3.05) is 5.32 Å². The second-order valence-corrected chi connectivity index (χ2v) is 6.46. The van der Waals surface area contributed by atoms with E-state index in [1.54, 1.807) is 6.07 Å². The Hall–Kier alpha value is -4.26. The molecule has 1 amide bonds. The monoisotopic (exact) mass is 380 g/mol. The lowest BCUT2D eigenvalue weighted by Crippen LogP contribution is -2.14. The standard InChI is InChI=1S/C22H16N6O/c29-22(27-21-19-20(24-13-23-19)25-14-26-21)18-9-2-1-8-17(18)15-6-5-7-16(12-15)28-10-3-4-11-28/h1-14H,(H2,23,24,25,26,27,29). The molecule has 7 heteroatoms. The van der Waals surface area contributed by atoms with Crippen LogP contribution in [0, 0.1) is 0 Å². The Morgan fingerprint density at radius 2 is 1.79 bits per heavy atom. The van der Waals surface area contributed by atoms with Crippen molar-refractivity contribution in [2.24, 2.45) is 0 Å². The van der Waals surface area contributed by atoms with Gasteiger partial charge >= 0.3 is 0 Å². The SMILES string of the molecule is O=C(Nc1ncnc2nc[nH]c12)c1ccccc1-c1cccc(-n2cccc2)c1. The van der Waals surface area contributed by atoms with E-state index >= 15 is 0 Å². The normalized spacial score (nSPS) is 10.9. The fourth-order valence-electron chi connectivity index (χ4n) is 3.31. The van der Waals surface area contributed by atoms with Crippen LogP contribution in [0.5, 0.6) is 0 Å². The number of hydrogen-bond donors (Lipinski definition) is 2. The van der Waals surface area contributed by atoms with Crippen LogP contribution in [0.3, 0.4) is 0 Å². The van der Waals surface area contributed by atoms with Crippen molar-refractivity contribution in [3.05, 3.63) is 91.3 Å². The van der Waals surface area contributed by atoms with E-state index in [4.69, 9.17) is 0 Å². The van der Waals surface area contributed by atoms with Gasteiger partial charge in [-0.05, 0) is 41.5 Å². The van der Waals surface area contributed by atoms with Crippen molar-refractivity contribution in [1.29, 1.82) is 0 Å². The van der Waals surface area contributed by atoms with Gasteiger partial charge in [0.2, 0.25) is 0 Å². The van der Waals surface area contributed by atoms with Crippen molar-refractivity contribution in [2.45, 2.75) is 0 Å². The Morgan fingerprint density at radius 3 is 2.69 bits per heavy atom. The molecule has 2 N–H and O–H groups in total. The molecule has 5 rings (SSSR count). The summed E-state index contributed by atoms with van der Waals surface area (Å²) in [5, 5.41) is 2.87. The number of H-pyrrole nitrogens is 1. The molecule has 0 saturated heterocycles. The van der Waals surface area contributed by atoms with Crippen LogP contribution in [-0.4, -0.2) is 30.4 Å². The number of imidazole rings is 1. The zero-order chi connectivity index (χ0) is 19.6. The van der Waals surface area contributed by atoms with Crippen molar-refractivity contribution in [3.8, 4) is 16.8 Å². The maximum absolute atomic E-state index is 13.1. The average Bonchev–Trinajstić information content (AvgIpc) is 3.46. The second-order valence-electron chi connectivity index (χ2n) is 6.46. The molecule has 3 heterocycles. The third-order valence-corrected chi connectivity index (χ3v) is 4.69. The molecule has 0 bridgehead atoms. The fraction of sp³-hybridized carbons (Fsp3) is 0. The molecule has 0 atom stereocenters. The fourth-order valence-corrected chi connectivity index (χ4v) is 3.31. The molecule has 0 saturated carbocycles. The van der Waals surface area contributed by atoms with Gasteiger partial charge in [0, 0.05) is 23.6 Å². The number of rotatable bonds is 4. The number of carbonyl (C=O) groups is 1. The minimum absolute atomic E-state index is 0.249. The summed E-state index contributed by atoms with van der Waals surface area (Å²) in [6, 6.07) is 19.5. The first-order chi connectivity index (χ1) is 14.3. The van der Waals surface area contributed by atoms with E-state index in [9.17, 15) is 4.79 Å². The Labute approximate surface area is 166 Å². The number of anilines is 1. The summed E-state index contributed by atoms with van der Waals surface area (Å²) in [6.07, 6.45) is 6.88. The van der Waals surface area contributed by atoms with E-state index in [1.807, 2.05) is 65.5 Å². The molecule has 2 aromatic carbocycles. The molecule has 140 valence electrons. The third-order valence-electron chi connectivity index (χ3n) is 4.69. The van der Waals surface area contributed by atoms with Crippen LogP contribution < -0.4 is 5.32 Å². The molecule has 0 aliphatic carbocycles. The highest BCUT2D eigenvalue weighted by Gasteiger charge is 2.15. The van der Waals surface area contributed by atoms with Crippen molar-refractivity contribution >= 4 is 22.9 Å². The van der Waals surface area contributed by atoms with Crippen LogP contribution >= 0.6 is 0 Å². The lowest BCUT2D eigenvalue weighted by atomic mass is 9.98. The van der Waals surface area contributed by atoms with Crippen LogP contribution in [-0.2, 0) is 0 Å². The van der Waals surface area contributed by atoms with Crippen LogP contribution in [0.2, 0.25) is 0 Å². The van der Waals surface area contributed by atoms with Gasteiger partial charge < -0.3 is 14.9 Å². The zero-order valence-electron chi connectivity index (χ0n) is 15.3. The van der Waals surface area contributed by atoms with Gasteiger partial charge in [0.25, 0.3) is 5.91 Å². The smallest absolute Gasteiger partial charge is 0.257 e. The van der Waals surface area contributed by atoms with Crippen LogP contribution in [0.4, 0.5) is 5.82 Å². The number of fused-ring (bicyclic) bond motifs is 1. The van der Waals surface area contributed by atoms with E-state index in [0.717, 1.165) is 16.8 Å². The summed E-state index contributed by atoms with van der Waals surface area (Å²) >= 11 is 0. The summed E-state index contributed by atoms with van der Waals surface area (Å²) in [5.41, 5.74) is 4.47. The Balaban J connectivity index is 1.52. The molecule has 0 spiro atoms. The Morgan fingerprint density at radius 1 is 0.931 bits per heavy atom. The van der Waals surface area contributed by atoms with Crippen LogP contribution in [0.15, 0.2) is 85.7 Å². The maximum atomic E-state index is 13.1. The van der Waals surface area contributed by atoms with E-state index in [2.05, 4.69) is 31.3 Å². The number of nitrogens with zero attached hydrogens (tertiary/aromatic N) is 4. The number of amides is 1. The molecule has 3 aromatic heterocycles. The molecule has 0 fully saturated rings. The van der Waals surface area contributed by atoms with Crippen LogP contribution in [0.1, 0.15) is 10.4 Å². The highest BCUT2D eigenvalue weighted by Crippen LogP contribution is 2.27. The van der Waals surface area contributed by atoms with Gasteiger partial charge in [-0.15, -0.1) is 0 Å². The number of carbonyl (C=O) groups excluding carboxylic acids is 1. The molecule has 29 heavy (non-hydrogen) atoms. The van der Waals surface area contributed by atoms with Gasteiger partial charge in [0.05, 0.1) is 6.33 Å². The third kappa shape index (κ3) is 3.14. The molecular weight excluding hydrogens is 364 g/mol. The van der Waals surface area contributed by atoms with Crippen molar-refractivity contribution in [3.63, 3.8) is 0 Å². The van der Waals surface area contributed by atoms with Gasteiger partial charge in [-0.25, -0.2) is 15.0 Å². The number of hydrogen-bond acceptors (Lipinski definition) is 4. The molecule has 0 aliphatic heterocycles. The summed E-state index contributed by atoms with van der Waals surface area (Å²) in [6.45, 7) is 0. The molecular formula is C22H16N6O. The molecule has 0 radical (unpaired) electrons. The summed E-state index contributed by atoms with van der Waals surface area (Å²) in [4.78, 5) is 28.4. The van der Waals surface area contributed by atoms with Crippen molar-refractivity contribution in [1.82, 2.24) is 24.5 Å². The number of nitrogens with one attached hydrogen (secondary N) is 2. The summed E-state index contributed by atoms with van der Waals surface area (Å²) < 4.78 is 2.03.